The molecule has 3 heteroatoms. The van der Waals surface area contributed by atoms with Crippen molar-refractivity contribution in [3.8, 4) is 0 Å². The van der Waals surface area contributed by atoms with Crippen molar-refractivity contribution in [2.24, 2.45) is 10.8 Å². The molecule has 0 aliphatic heterocycles. The molecule has 1 nitrogen and oxygen atoms in total. The van der Waals surface area contributed by atoms with Crippen molar-refractivity contribution in [1.29, 1.82) is 0 Å². The zero-order chi connectivity index (χ0) is 17.9. The van der Waals surface area contributed by atoms with Gasteiger partial charge in [-0.3, -0.25) is 0 Å². The van der Waals surface area contributed by atoms with Crippen LogP contribution in [0.15, 0.2) is 40.0 Å². The summed E-state index contributed by atoms with van der Waals surface area (Å²) in [6.45, 7) is 23.4. The summed E-state index contributed by atoms with van der Waals surface area (Å²) in [6, 6.07) is 0. The molecular formula is C21H33ClOZr. The van der Waals surface area contributed by atoms with Crippen molar-refractivity contribution in [1.82, 2.24) is 0 Å². The molecule has 0 spiro atoms. The van der Waals surface area contributed by atoms with Crippen molar-refractivity contribution in [2.75, 3.05) is 7.11 Å². The third-order valence-electron chi connectivity index (χ3n) is 6.78. The van der Waals surface area contributed by atoms with Gasteiger partial charge in [0.2, 0.25) is 0 Å². The van der Waals surface area contributed by atoms with Gasteiger partial charge in [0.25, 0.3) is 0 Å². The van der Waals surface area contributed by atoms with E-state index in [1.54, 1.807) is 6.56 Å². The summed E-state index contributed by atoms with van der Waals surface area (Å²) in [5.41, 5.74) is 9.31. The monoisotopic (exact) mass is 426 g/mol. The smallest absolute Gasteiger partial charge is 1.00 e. The Morgan fingerprint density at radius 2 is 0.917 bits per heavy atom. The number of halogens is 1. The van der Waals surface area contributed by atoms with Crippen LogP contribution in [0.1, 0.15) is 69.2 Å². The second-order valence-electron chi connectivity index (χ2n) is 8.28. The number of rotatable bonds is 3. The number of hydrogen-bond acceptors (Lipinski definition) is 1. The minimum Gasteiger partial charge on any atom is -1.00 e. The molecule has 0 fully saturated rings. The Morgan fingerprint density at radius 1 is 0.625 bits per heavy atom. The van der Waals surface area contributed by atoms with Gasteiger partial charge in [-0.1, -0.05) is 0 Å². The third kappa shape index (κ3) is 2.91. The Morgan fingerprint density at radius 3 is 1.08 bits per heavy atom. The van der Waals surface area contributed by atoms with Crippen LogP contribution in [0.2, 0.25) is 0 Å². The van der Waals surface area contributed by atoms with Gasteiger partial charge in [-0.2, -0.15) is 0 Å². The summed E-state index contributed by atoms with van der Waals surface area (Å²) in [5.74, 6) is 0. The fraction of sp³-hybridized carbons (Fsp3) is 0.619. The molecule has 0 radical (unpaired) electrons. The summed E-state index contributed by atoms with van der Waals surface area (Å²) in [6.07, 6.45) is 0. The number of hydrogen-bond donors (Lipinski definition) is 0. The van der Waals surface area contributed by atoms with Crippen LogP contribution in [-0.4, -0.2) is 7.11 Å². The first-order chi connectivity index (χ1) is 10.4. The van der Waals surface area contributed by atoms with Crippen LogP contribution in [0.4, 0.5) is 0 Å². The molecule has 0 saturated carbocycles. The summed E-state index contributed by atoms with van der Waals surface area (Å²) in [5, 5.41) is 0. The van der Waals surface area contributed by atoms with Crippen molar-refractivity contribution in [3.63, 3.8) is 0 Å². The molecular weight excluding hydrogens is 395 g/mol. The Balaban J connectivity index is 0.00000288. The van der Waals surface area contributed by atoms with E-state index in [1.165, 1.54) is 33.4 Å². The molecule has 0 unspecified atom stereocenters. The maximum Gasteiger partial charge on any atom is -1.00 e. The first kappa shape index (κ1) is 22.1. The molecule has 0 N–H and O–H groups in total. The van der Waals surface area contributed by atoms with Crippen LogP contribution in [0.3, 0.4) is 0 Å². The molecule has 2 rings (SSSR count). The Hall–Kier alpha value is 0.0931. The Labute approximate surface area is 164 Å². The SMILES string of the molecule is C[O][Zr+]([C]1=C(C)C(C)=C(C)C1(C)C)[C]1=C(C)C(C)=C(C)C1(C)C.[Cl-]. The van der Waals surface area contributed by atoms with Gasteiger partial charge in [0.15, 0.2) is 0 Å². The number of allylic oxidation sites excluding steroid dienone is 8. The minimum absolute atomic E-state index is 0. The standard InChI is InChI=1S/2C10H15.CH3O.ClH.Zr/c2*1-7-6-10(4,5)9(3)8(7)2;1-2;;/h2*1-5H3;1H3;1H;/q;;-1;;+2/p-1. The van der Waals surface area contributed by atoms with Crippen molar-refractivity contribution < 1.29 is 37.4 Å². The van der Waals surface area contributed by atoms with Gasteiger partial charge in [-0.05, 0) is 0 Å². The van der Waals surface area contributed by atoms with Crippen LogP contribution in [-0.2, 0) is 25.0 Å². The molecule has 2 aliphatic carbocycles. The van der Waals surface area contributed by atoms with Gasteiger partial charge >= 0.3 is 152 Å². The maximum atomic E-state index is 6.35. The largest absolute Gasteiger partial charge is 1.00 e. The molecule has 0 atom stereocenters. The van der Waals surface area contributed by atoms with Gasteiger partial charge in [0, 0.05) is 0 Å². The van der Waals surface area contributed by atoms with Crippen molar-refractivity contribution in [2.45, 2.75) is 69.2 Å². The van der Waals surface area contributed by atoms with E-state index in [1.807, 2.05) is 7.11 Å². The molecule has 0 aromatic rings. The van der Waals surface area contributed by atoms with E-state index >= 15 is 0 Å². The Kier molecular flexibility index (Phi) is 6.47. The van der Waals surface area contributed by atoms with Crippen LogP contribution in [0.25, 0.3) is 0 Å². The molecule has 134 valence electrons. The minimum atomic E-state index is -2.38. The van der Waals surface area contributed by atoms with E-state index in [4.69, 9.17) is 2.81 Å². The second kappa shape index (κ2) is 7.01. The molecule has 0 saturated heterocycles. The fourth-order valence-electron chi connectivity index (χ4n) is 4.42. The molecule has 0 aromatic carbocycles. The van der Waals surface area contributed by atoms with Gasteiger partial charge in [0.1, 0.15) is 0 Å². The van der Waals surface area contributed by atoms with Crippen LogP contribution in [0, 0.1) is 10.8 Å². The van der Waals surface area contributed by atoms with Gasteiger partial charge in [-0.25, -0.2) is 0 Å². The molecule has 0 heterocycles. The van der Waals surface area contributed by atoms with Gasteiger partial charge < -0.3 is 12.4 Å². The van der Waals surface area contributed by atoms with Crippen molar-refractivity contribution in [3.05, 3.63) is 40.0 Å². The van der Waals surface area contributed by atoms with E-state index in [9.17, 15) is 0 Å². The van der Waals surface area contributed by atoms with E-state index in [-0.39, 0.29) is 23.2 Å². The van der Waals surface area contributed by atoms with Gasteiger partial charge in [0.05, 0.1) is 0 Å². The zero-order valence-electron chi connectivity index (χ0n) is 17.3. The summed E-state index contributed by atoms with van der Waals surface area (Å²) in [4.78, 5) is 0. The predicted octanol–water partition coefficient (Wildman–Crippen LogP) is 3.47. The molecule has 24 heavy (non-hydrogen) atoms. The van der Waals surface area contributed by atoms with Gasteiger partial charge in [-0.15, -0.1) is 0 Å². The maximum absolute atomic E-state index is 6.35. The van der Waals surface area contributed by atoms with Crippen LogP contribution in [0.5, 0.6) is 0 Å². The van der Waals surface area contributed by atoms with E-state index in [2.05, 4.69) is 69.2 Å². The van der Waals surface area contributed by atoms with E-state index in [0.29, 0.717) is 0 Å². The zero-order valence-corrected chi connectivity index (χ0v) is 20.5. The first-order valence-corrected chi connectivity index (χ1v) is 12.1. The average Bonchev–Trinajstić information content (AvgIpc) is 2.72. The average molecular weight is 428 g/mol. The van der Waals surface area contributed by atoms with E-state index in [0.717, 1.165) is 0 Å². The first-order valence-electron chi connectivity index (χ1n) is 8.61. The molecule has 2 aliphatic rings. The van der Waals surface area contributed by atoms with Crippen LogP contribution >= 0.6 is 0 Å². The topological polar surface area (TPSA) is 9.23 Å². The summed E-state index contributed by atoms with van der Waals surface area (Å²) < 4.78 is 9.63. The quantitative estimate of drug-likeness (QED) is 0.670. The molecule has 0 amide bonds. The second-order valence-corrected chi connectivity index (χ2v) is 13.4. The van der Waals surface area contributed by atoms with E-state index < -0.39 is 22.2 Å². The molecule has 0 bridgehead atoms. The van der Waals surface area contributed by atoms with Crippen LogP contribution < -0.4 is 12.4 Å². The molecule has 0 aromatic heterocycles. The predicted molar refractivity (Wildman–Crippen MR) is 96.7 cm³/mol. The Bertz CT molecular complexity index is 629. The fourth-order valence-corrected chi connectivity index (χ4v) is 12.4. The van der Waals surface area contributed by atoms with Crippen molar-refractivity contribution >= 4 is 0 Å². The summed E-state index contributed by atoms with van der Waals surface area (Å²) in [7, 11) is 1.95. The third-order valence-corrected chi connectivity index (χ3v) is 14.9. The normalized spacial score (nSPS) is 22.6. The summed E-state index contributed by atoms with van der Waals surface area (Å²) >= 11 is -2.38.